The first kappa shape index (κ1) is 16.4. The van der Waals surface area contributed by atoms with Crippen LogP contribution >= 0.6 is 0 Å². The largest absolute Gasteiger partial charge is 0.424 e. The summed E-state index contributed by atoms with van der Waals surface area (Å²) in [7, 11) is 0. The quantitative estimate of drug-likeness (QED) is 0.740. The molecule has 1 saturated heterocycles. The SMILES string of the molecule is CC(C)c1nnc(CN(CCO)CCN2CCOCC2)o1. The summed E-state index contributed by atoms with van der Waals surface area (Å²) in [5.74, 6) is 1.53. The first-order valence-electron chi connectivity index (χ1n) is 7.64. The van der Waals surface area contributed by atoms with Crippen molar-refractivity contribution in [2.45, 2.75) is 26.3 Å². The molecule has 1 aliphatic heterocycles. The minimum Gasteiger partial charge on any atom is -0.424 e. The molecule has 7 heteroatoms. The molecule has 2 rings (SSSR count). The molecule has 1 aliphatic rings. The predicted molar refractivity (Wildman–Crippen MR) is 78.0 cm³/mol. The van der Waals surface area contributed by atoms with Gasteiger partial charge in [0.15, 0.2) is 0 Å². The number of aliphatic hydroxyl groups is 1. The summed E-state index contributed by atoms with van der Waals surface area (Å²) < 4.78 is 11.0. The standard InChI is InChI=1S/C14H26N4O3/c1-12(2)14-16-15-13(21-14)11-18(5-8-19)4-3-17-6-9-20-10-7-17/h12,19H,3-11H2,1-2H3. The highest BCUT2D eigenvalue weighted by Gasteiger charge is 2.15. The monoisotopic (exact) mass is 298 g/mol. The molecule has 0 spiro atoms. The van der Waals surface area contributed by atoms with Crippen LogP contribution in [0, 0.1) is 0 Å². The van der Waals surface area contributed by atoms with Crippen molar-refractivity contribution >= 4 is 0 Å². The van der Waals surface area contributed by atoms with E-state index in [1.54, 1.807) is 0 Å². The highest BCUT2D eigenvalue weighted by Crippen LogP contribution is 2.13. The Kier molecular flexibility index (Phi) is 6.56. The molecule has 0 radical (unpaired) electrons. The van der Waals surface area contributed by atoms with Crippen LogP contribution in [0.5, 0.6) is 0 Å². The van der Waals surface area contributed by atoms with Crippen molar-refractivity contribution in [2.75, 3.05) is 52.5 Å². The van der Waals surface area contributed by atoms with Gasteiger partial charge < -0.3 is 14.3 Å². The van der Waals surface area contributed by atoms with Crippen molar-refractivity contribution in [2.24, 2.45) is 0 Å². The molecule has 1 aromatic rings. The Hall–Kier alpha value is -1.02. The van der Waals surface area contributed by atoms with Crippen molar-refractivity contribution in [1.82, 2.24) is 20.0 Å². The summed E-state index contributed by atoms with van der Waals surface area (Å²) >= 11 is 0. The number of hydrogen-bond donors (Lipinski definition) is 1. The van der Waals surface area contributed by atoms with E-state index in [9.17, 15) is 5.11 Å². The van der Waals surface area contributed by atoms with Crippen LogP contribution in [0.4, 0.5) is 0 Å². The number of aromatic nitrogens is 2. The van der Waals surface area contributed by atoms with E-state index in [2.05, 4.69) is 20.0 Å². The summed E-state index contributed by atoms with van der Waals surface area (Å²) in [4.78, 5) is 4.52. The molecule has 21 heavy (non-hydrogen) atoms. The van der Waals surface area contributed by atoms with Gasteiger partial charge in [-0.05, 0) is 0 Å². The fourth-order valence-electron chi connectivity index (χ4n) is 2.27. The molecular formula is C14H26N4O3. The molecule has 7 nitrogen and oxygen atoms in total. The molecule has 1 aromatic heterocycles. The molecule has 2 heterocycles. The highest BCUT2D eigenvalue weighted by atomic mass is 16.5. The Morgan fingerprint density at radius 1 is 1.24 bits per heavy atom. The van der Waals surface area contributed by atoms with E-state index in [1.165, 1.54) is 0 Å². The summed E-state index contributed by atoms with van der Waals surface area (Å²) in [6.45, 7) is 10.8. The summed E-state index contributed by atoms with van der Waals surface area (Å²) in [5.41, 5.74) is 0. The number of rotatable bonds is 8. The van der Waals surface area contributed by atoms with Gasteiger partial charge in [0.2, 0.25) is 11.8 Å². The van der Waals surface area contributed by atoms with Gasteiger partial charge in [0.05, 0.1) is 26.4 Å². The van der Waals surface area contributed by atoms with E-state index in [0.29, 0.717) is 24.9 Å². The molecular weight excluding hydrogens is 272 g/mol. The van der Waals surface area contributed by atoms with E-state index in [4.69, 9.17) is 9.15 Å². The third-order valence-corrected chi connectivity index (χ3v) is 3.59. The molecule has 1 fully saturated rings. The van der Waals surface area contributed by atoms with Crippen LogP contribution in [0.2, 0.25) is 0 Å². The molecule has 0 saturated carbocycles. The first-order chi connectivity index (χ1) is 10.2. The van der Waals surface area contributed by atoms with E-state index in [1.807, 2.05) is 13.8 Å². The van der Waals surface area contributed by atoms with Crippen molar-refractivity contribution in [3.8, 4) is 0 Å². The van der Waals surface area contributed by atoms with Gasteiger partial charge in [-0.2, -0.15) is 0 Å². The normalized spacial score (nSPS) is 17.0. The zero-order valence-corrected chi connectivity index (χ0v) is 13.0. The van der Waals surface area contributed by atoms with Gasteiger partial charge in [0.25, 0.3) is 0 Å². The van der Waals surface area contributed by atoms with Gasteiger partial charge in [-0.1, -0.05) is 13.8 Å². The third-order valence-electron chi connectivity index (χ3n) is 3.59. The third kappa shape index (κ3) is 5.35. The second-order valence-corrected chi connectivity index (χ2v) is 5.64. The molecule has 0 amide bonds. The second kappa shape index (κ2) is 8.43. The topological polar surface area (TPSA) is 74.9 Å². The maximum Gasteiger partial charge on any atom is 0.230 e. The molecule has 0 bridgehead atoms. The molecule has 1 N–H and O–H groups in total. The Labute approximate surface area is 125 Å². The van der Waals surface area contributed by atoms with E-state index >= 15 is 0 Å². The van der Waals surface area contributed by atoms with Gasteiger partial charge in [0.1, 0.15) is 0 Å². The van der Waals surface area contributed by atoms with Crippen LogP contribution < -0.4 is 0 Å². The average Bonchev–Trinajstić information content (AvgIpc) is 2.95. The number of nitrogens with zero attached hydrogens (tertiary/aromatic N) is 4. The fourth-order valence-corrected chi connectivity index (χ4v) is 2.27. The van der Waals surface area contributed by atoms with Crippen molar-refractivity contribution in [1.29, 1.82) is 0 Å². The number of morpholine rings is 1. The Bertz CT molecular complexity index is 405. The summed E-state index contributed by atoms with van der Waals surface area (Å²) in [5, 5.41) is 17.3. The first-order valence-corrected chi connectivity index (χ1v) is 7.64. The lowest BCUT2D eigenvalue weighted by Gasteiger charge is -2.29. The summed E-state index contributed by atoms with van der Waals surface area (Å²) in [6, 6.07) is 0. The van der Waals surface area contributed by atoms with Gasteiger partial charge in [0, 0.05) is 38.6 Å². The lowest BCUT2D eigenvalue weighted by atomic mass is 10.2. The van der Waals surface area contributed by atoms with E-state index in [0.717, 1.165) is 39.4 Å². The fraction of sp³-hybridized carbons (Fsp3) is 0.857. The lowest BCUT2D eigenvalue weighted by molar-refractivity contribution is 0.0315. The maximum absolute atomic E-state index is 9.20. The maximum atomic E-state index is 9.20. The van der Waals surface area contributed by atoms with Crippen LogP contribution in [0.1, 0.15) is 31.5 Å². The van der Waals surface area contributed by atoms with Gasteiger partial charge in [-0.3, -0.25) is 9.80 Å². The molecule has 120 valence electrons. The minimum absolute atomic E-state index is 0.133. The number of ether oxygens (including phenoxy) is 1. The lowest BCUT2D eigenvalue weighted by Crippen LogP contribution is -2.41. The van der Waals surface area contributed by atoms with Crippen molar-refractivity contribution in [3.63, 3.8) is 0 Å². The van der Waals surface area contributed by atoms with Gasteiger partial charge in [-0.25, -0.2) is 0 Å². The van der Waals surface area contributed by atoms with Crippen LogP contribution in [-0.4, -0.2) is 77.6 Å². The summed E-state index contributed by atoms with van der Waals surface area (Å²) in [6.07, 6.45) is 0. The van der Waals surface area contributed by atoms with Gasteiger partial charge >= 0.3 is 0 Å². The molecule has 0 aliphatic carbocycles. The van der Waals surface area contributed by atoms with Crippen molar-refractivity contribution in [3.05, 3.63) is 11.8 Å². The smallest absolute Gasteiger partial charge is 0.230 e. The Morgan fingerprint density at radius 3 is 2.62 bits per heavy atom. The molecule has 0 atom stereocenters. The zero-order chi connectivity index (χ0) is 15.1. The second-order valence-electron chi connectivity index (χ2n) is 5.64. The van der Waals surface area contributed by atoms with Crippen LogP contribution in [0.15, 0.2) is 4.42 Å². The molecule has 0 aromatic carbocycles. The Balaban J connectivity index is 1.82. The average molecular weight is 298 g/mol. The van der Waals surface area contributed by atoms with E-state index in [-0.39, 0.29) is 12.5 Å². The van der Waals surface area contributed by atoms with Crippen molar-refractivity contribution < 1.29 is 14.3 Å². The van der Waals surface area contributed by atoms with E-state index < -0.39 is 0 Å². The van der Waals surface area contributed by atoms with Crippen LogP contribution in [0.3, 0.4) is 0 Å². The zero-order valence-electron chi connectivity index (χ0n) is 13.0. The minimum atomic E-state index is 0.133. The molecule has 0 unspecified atom stereocenters. The van der Waals surface area contributed by atoms with Gasteiger partial charge in [-0.15, -0.1) is 10.2 Å². The Morgan fingerprint density at radius 2 is 2.00 bits per heavy atom. The van der Waals surface area contributed by atoms with Crippen LogP contribution in [0.25, 0.3) is 0 Å². The number of hydrogen-bond acceptors (Lipinski definition) is 7. The number of aliphatic hydroxyl groups excluding tert-OH is 1. The predicted octanol–water partition coefficient (Wildman–Crippen LogP) is 0.320. The highest BCUT2D eigenvalue weighted by molar-refractivity contribution is 4.87. The van der Waals surface area contributed by atoms with Crippen LogP contribution in [-0.2, 0) is 11.3 Å².